The first kappa shape index (κ1) is 10.8. The number of halogens is 1. The molecule has 1 unspecified atom stereocenters. The molecule has 1 atom stereocenters. The van der Waals surface area contributed by atoms with Crippen molar-refractivity contribution in [1.29, 1.82) is 0 Å². The average Bonchev–Trinajstić information content (AvgIpc) is 2.74. The molecule has 1 aliphatic heterocycles. The fourth-order valence-electron chi connectivity index (χ4n) is 2.48. The molecule has 88 valence electrons. The van der Waals surface area contributed by atoms with Gasteiger partial charge in [0.25, 0.3) is 0 Å². The van der Waals surface area contributed by atoms with Crippen molar-refractivity contribution in [1.82, 2.24) is 9.55 Å². The summed E-state index contributed by atoms with van der Waals surface area (Å²) in [6.07, 6.45) is 5.74. The molecule has 2 nitrogen and oxygen atoms in total. The van der Waals surface area contributed by atoms with E-state index in [1.54, 1.807) is 0 Å². The van der Waals surface area contributed by atoms with Gasteiger partial charge < -0.3 is 4.57 Å². The molecule has 0 radical (unpaired) electrons. The first-order valence-electron chi connectivity index (χ1n) is 6.08. The molecule has 0 amide bonds. The van der Waals surface area contributed by atoms with Crippen LogP contribution in [0.5, 0.6) is 0 Å². The highest BCUT2D eigenvalue weighted by Crippen LogP contribution is 2.28. The molecule has 0 N–H and O–H groups in total. The van der Waals surface area contributed by atoms with Crippen LogP contribution >= 0.6 is 11.6 Å². The van der Waals surface area contributed by atoms with Crippen LogP contribution < -0.4 is 0 Å². The second kappa shape index (κ2) is 4.19. The summed E-state index contributed by atoms with van der Waals surface area (Å²) in [5.41, 5.74) is 2.14. The van der Waals surface area contributed by atoms with Gasteiger partial charge in [-0.25, -0.2) is 4.98 Å². The molecule has 0 spiro atoms. The summed E-state index contributed by atoms with van der Waals surface area (Å²) < 4.78 is 2.31. The maximum absolute atomic E-state index is 6.02. The lowest BCUT2D eigenvalue weighted by Gasteiger charge is -2.20. The highest BCUT2D eigenvalue weighted by Gasteiger charge is 2.18. The average molecular weight is 247 g/mol. The minimum atomic E-state index is 0.569. The second-order valence-corrected chi connectivity index (χ2v) is 5.14. The minimum absolute atomic E-state index is 0.569. The van der Waals surface area contributed by atoms with E-state index in [9.17, 15) is 0 Å². The molecule has 0 aliphatic carbocycles. The first-order chi connectivity index (χ1) is 8.24. The van der Waals surface area contributed by atoms with Crippen molar-refractivity contribution >= 4 is 11.6 Å². The Kier molecular flexibility index (Phi) is 2.67. The lowest BCUT2D eigenvalue weighted by molar-refractivity contribution is 0.426. The van der Waals surface area contributed by atoms with Gasteiger partial charge in [-0.05, 0) is 31.9 Å². The van der Waals surface area contributed by atoms with Crippen LogP contribution in [0.1, 0.15) is 31.6 Å². The molecule has 0 saturated heterocycles. The number of nitrogens with zero attached hydrogens (tertiary/aromatic N) is 2. The van der Waals surface area contributed by atoms with E-state index >= 15 is 0 Å². The van der Waals surface area contributed by atoms with Crippen molar-refractivity contribution < 1.29 is 0 Å². The van der Waals surface area contributed by atoms with Gasteiger partial charge in [0.15, 0.2) is 0 Å². The fourth-order valence-corrected chi connectivity index (χ4v) is 2.67. The van der Waals surface area contributed by atoms with Crippen LogP contribution in [-0.2, 0) is 6.42 Å². The van der Waals surface area contributed by atoms with Gasteiger partial charge >= 0.3 is 0 Å². The lowest BCUT2D eigenvalue weighted by atomic mass is 10.1. The van der Waals surface area contributed by atoms with Crippen LogP contribution in [0.3, 0.4) is 0 Å². The monoisotopic (exact) mass is 246 g/mol. The van der Waals surface area contributed by atoms with Gasteiger partial charge in [-0.3, -0.25) is 0 Å². The number of hydrogen-bond acceptors (Lipinski definition) is 1. The summed E-state index contributed by atoms with van der Waals surface area (Å²) in [7, 11) is 0. The summed E-state index contributed by atoms with van der Waals surface area (Å²) in [4.78, 5) is 4.72. The van der Waals surface area contributed by atoms with Crippen LogP contribution in [-0.4, -0.2) is 9.55 Å². The number of benzene rings is 1. The van der Waals surface area contributed by atoms with Gasteiger partial charge in [-0.2, -0.15) is 0 Å². The van der Waals surface area contributed by atoms with Gasteiger partial charge in [0.05, 0.1) is 5.69 Å². The molecule has 1 aromatic carbocycles. The highest BCUT2D eigenvalue weighted by atomic mass is 35.5. The third-order valence-electron chi connectivity index (χ3n) is 3.43. The number of imidazole rings is 1. The van der Waals surface area contributed by atoms with Gasteiger partial charge in [-0.1, -0.05) is 23.7 Å². The summed E-state index contributed by atoms with van der Waals surface area (Å²) >= 11 is 6.02. The van der Waals surface area contributed by atoms with E-state index in [0.717, 1.165) is 22.7 Å². The summed E-state index contributed by atoms with van der Waals surface area (Å²) in [5.74, 6) is 1.21. The van der Waals surface area contributed by atoms with Crippen molar-refractivity contribution in [3.63, 3.8) is 0 Å². The molecular formula is C14H15ClN2. The molecule has 3 rings (SSSR count). The topological polar surface area (TPSA) is 17.8 Å². The SMILES string of the molecule is CC1CCCc2nc(-c3cccc(Cl)c3)cn21. The van der Waals surface area contributed by atoms with Gasteiger partial charge in [0, 0.05) is 29.2 Å². The van der Waals surface area contributed by atoms with Crippen molar-refractivity contribution in [3.8, 4) is 11.3 Å². The van der Waals surface area contributed by atoms with Crippen LogP contribution in [0, 0.1) is 0 Å². The number of aryl methyl sites for hydroxylation is 1. The molecule has 1 aliphatic rings. The standard InChI is InChI=1S/C14H15ClN2/c1-10-4-2-7-14-16-13(9-17(10)14)11-5-3-6-12(15)8-11/h3,5-6,8-10H,2,4,7H2,1H3. The predicted molar refractivity (Wildman–Crippen MR) is 70.3 cm³/mol. The van der Waals surface area contributed by atoms with Crippen LogP contribution in [0.15, 0.2) is 30.5 Å². The third-order valence-corrected chi connectivity index (χ3v) is 3.66. The number of aromatic nitrogens is 2. The Morgan fingerprint density at radius 1 is 1.41 bits per heavy atom. The zero-order chi connectivity index (χ0) is 11.8. The zero-order valence-corrected chi connectivity index (χ0v) is 10.6. The molecular weight excluding hydrogens is 232 g/mol. The maximum Gasteiger partial charge on any atom is 0.109 e. The van der Waals surface area contributed by atoms with Crippen LogP contribution in [0.4, 0.5) is 0 Å². The zero-order valence-electron chi connectivity index (χ0n) is 9.86. The number of hydrogen-bond donors (Lipinski definition) is 0. The minimum Gasteiger partial charge on any atom is -0.331 e. The van der Waals surface area contributed by atoms with Crippen LogP contribution in [0.2, 0.25) is 5.02 Å². The summed E-state index contributed by atoms with van der Waals surface area (Å²) in [6, 6.07) is 8.47. The van der Waals surface area contributed by atoms with Gasteiger partial charge in [0.1, 0.15) is 5.82 Å². The number of rotatable bonds is 1. The second-order valence-electron chi connectivity index (χ2n) is 4.70. The molecule has 2 aromatic rings. The molecule has 3 heteroatoms. The first-order valence-corrected chi connectivity index (χ1v) is 6.45. The molecule has 0 saturated carbocycles. The Morgan fingerprint density at radius 2 is 2.29 bits per heavy atom. The normalized spacial score (nSPS) is 19.1. The summed E-state index contributed by atoms with van der Waals surface area (Å²) in [6.45, 7) is 2.26. The van der Waals surface area contributed by atoms with Gasteiger partial charge in [-0.15, -0.1) is 0 Å². The molecule has 1 aromatic heterocycles. The van der Waals surface area contributed by atoms with E-state index in [1.165, 1.54) is 18.7 Å². The van der Waals surface area contributed by atoms with E-state index in [1.807, 2.05) is 18.2 Å². The Hall–Kier alpha value is -1.28. The summed E-state index contributed by atoms with van der Waals surface area (Å²) in [5, 5.41) is 0.765. The Morgan fingerprint density at radius 3 is 3.06 bits per heavy atom. The fraction of sp³-hybridized carbons (Fsp3) is 0.357. The highest BCUT2D eigenvalue weighted by molar-refractivity contribution is 6.30. The molecule has 17 heavy (non-hydrogen) atoms. The molecule has 0 fully saturated rings. The Balaban J connectivity index is 2.05. The van der Waals surface area contributed by atoms with Gasteiger partial charge in [0.2, 0.25) is 0 Å². The van der Waals surface area contributed by atoms with Crippen molar-refractivity contribution in [2.45, 2.75) is 32.2 Å². The van der Waals surface area contributed by atoms with Crippen molar-refractivity contribution in [2.24, 2.45) is 0 Å². The van der Waals surface area contributed by atoms with Crippen molar-refractivity contribution in [2.75, 3.05) is 0 Å². The lowest BCUT2D eigenvalue weighted by Crippen LogP contribution is -2.14. The molecule has 0 bridgehead atoms. The Labute approximate surface area is 106 Å². The van der Waals surface area contributed by atoms with Crippen LogP contribution in [0.25, 0.3) is 11.3 Å². The van der Waals surface area contributed by atoms with E-state index < -0.39 is 0 Å². The number of fused-ring (bicyclic) bond motifs is 1. The Bertz CT molecular complexity index is 545. The van der Waals surface area contributed by atoms with E-state index in [2.05, 4.69) is 23.8 Å². The predicted octanol–water partition coefficient (Wildman–Crippen LogP) is 4.10. The van der Waals surface area contributed by atoms with Crippen molar-refractivity contribution in [3.05, 3.63) is 41.3 Å². The van der Waals surface area contributed by atoms with E-state index in [4.69, 9.17) is 16.6 Å². The van der Waals surface area contributed by atoms with E-state index in [0.29, 0.717) is 6.04 Å². The quantitative estimate of drug-likeness (QED) is 0.741. The van der Waals surface area contributed by atoms with E-state index in [-0.39, 0.29) is 0 Å². The third kappa shape index (κ3) is 1.98. The maximum atomic E-state index is 6.02. The smallest absolute Gasteiger partial charge is 0.109 e. The largest absolute Gasteiger partial charge is 0.331 e. The molecule has 2 heterocycles.